The van der Waals surface area contributed by atoms with Gasteiger partial charge >= 0.3 is 0 Å². The first-order valence-corrected chi connectivity index (χ1v) is 10.1. The van der Waals surface area contributed by atoms with Gasteiger partial charge in [0.05, 0.1) is 16.7 Å². The Morgan fingerprint density at radius 3 is 2.38 bits per heavy atom. The van der Waals surface area contributed by atoms with Crippen molar-refractivity contribution < 1.29 is 0 Å². The van der Waals surface area contributed by atoms with Gasteiger partial charge in [-0.3, -0.25) is 9.89 Å². The molecule has 0 spiro atoms. The maximum absolute atomic E-state index is 13.1. The van der Waals surface area contributed by atoms with Gasteiger partial charge in [0, 0.05) is 25.3 Å². The minimum absolute atomic E-state index is 0.0525. The van der Waals surface area contributed by atoms with E-state index in [1.54, 1.807) is 0 Å². The number of benzene rings is 1. The van der Waals surface area contributed by atoms with Crippen molar-refractivity contribution in [3.05, 3.63) is 55.6 Å². The fourth-order valence-electron chi connectivity index (χ4n) is 3.72. The molecule has 3 rings (SSSR count). The molecule has 0 bridgehead atoms. The number of aromatic amines is 1. The fourth-order valence-corrected chi connectivity index (χ4v) is 3.72. The Kier molecular flexibility index (Phi) is 5.64. The lowest BCUT2D eigenvalue weighted by Crippen LogP contribution is -2.24. The number of aromatic nitrogens is 3. The summed E-state index contributed by atoms with van der Waals surface area (Å²) in [5.74, 6) is 0.160. The van der Waals surface area contributed by atoms with Gasteiger partial charge in [0.15, 0.2) is 5.65 Å². The zero-order valence-corrected chi connectivity index (χ0v) is 18.6. The Labute approximate surface area is 171 Å². The highest BCUT2D eigenvalue weighted by atomic mass is 16.1. The van der Waals surface area contributed by atoms with Crippen LogP contribution in [0.4, 0.5) is 11.4 Å². The zero-order chi connectivity index (χ0) is 21.5. The van der Waals surface area contributed by atoms with Crippen LogP contribution in [0.25, 0.3) is 12.2 Å². The third kappa shape index (κ3) is 3.71. The van der Waals surface area contributed by atoms with Gasteiger partial charge in [-0.25, -0.2) is 9.98 Å². The van der Waals surface area contributed by atoms with Crippen LogP contribution in [0, 0.1) is 13.8 Å². The summed E-state index contributed by atoms with van der Waals surface area (Å²) in [4.78, 5) is 25.0. The van der Waals surface area contributed by atoms with E-state index < -0.39 is 0 Å². The molecule has 6 nitrogen and oxygen atoms in total. The predicted octanol–water partition coefficient (Wildman–Crippen LogP) is 3.14. The highest BCUT2D eigenvalue weighted by molar-refractivity contribution is 5.62. The Bertz CT molecular complexity index is 1210. The Hall–Kier alpha value is -2.89. The Balaban J connectivity index is 2.36. The molecule has 0 saturated heterocycles. The van der Waals surface area contributed by atoms with Gasteiger partial charge < -0.3 is 4.90 Å². The van der Waals surface area contributed by atoms with E-state index >= 15 is 0 Å². The molecule has 2 heterocycles. The first-order valence-electron chi connectivity index (χ1n) is 10.1. The molecule has 0 aliphatic carbocycles. The number of hydrogen-bond donors (Lipinski definition) is 1. The van der Waals surface area contributed by atoms with Crippen LogP contribution in [0.15, 0.2) is 21.9 Å². The summed E-state index contributed by atoms with van der Waals surface area (Å²) >= 11 is 0. The van der Waals surface area contributed by atoms with Crippen molar-refractivity contribution in [1.82, 2.24) is 14.6 Å². The van der Waals surface area contributed by atoms with Crippen LogP contribution >= 0.6 is 0 Å². The SMILES string of the molecule is C=c1[nH]n2c(=O)c(CCC)c(C(C)C)nc2c1=Nc1c(C)cc(N(C)C)cc1C. The van der Waals surface area contributed by atoms with Gasteiger partial charge in [0.1, 0.15) is 5.36 Å². The van der Waals surface area contributed by atoms with E-state index in [2.05, 4.69) is 63.3 Å². The van der Waals surface area contributed by atoms with E-state index in [-0.39, 0.29) is 11.5 Å². The molecule has 0 aliphatic rings. The molecule has 3 aromatic rings. The second-order valence-corrected chi connectivity index (χ2v) is 8.22. The average Bonchev–Trinajstić information content (AvgIpc) is 2.95. The third-order valence-electron chi connectivity index (χ3n) is 5.22. The Morgan fingerprint density at radius 2 is 1.86 bits per heavy atom. The largest absolute Gasteiger partial charge is 0.378 e. The van der Waals surface area contributed by atoms with Crippen molar-refractivity contribution in [2.24, 2.45) is 4.99 Å². The lowest BCUT2D eigenvalue weighted by Gasteiger charge is -2.15. The molecule has 29 heavy (non-hydrogen) atoms. The second kappa shape index (κ2) is 7.85. The molecule has 0 amide bonds. The highest BCUT2D eigenvalue weighted by Gasteiger charge is 2.17. The monoisotopic (exact) mass is 393 g/mol. The van der Waals surface area contributed by atoms with Crippen molar-refractivity contribution in [1.29, 1.82) is 0 Å². The van der Waals surface area contributed by atoms with Gasteiger partial charge in [-0.1, -0.05) is 33.8 Å². The van der Waals surface area contributed by atoms with Gasteiger partial charge in [-0.2, -0.15) is 4.52 Å². The average molecular weight is 394 g/mol. The van der Waals surface area contributed by atoms with Gasteiger partial charge in [-0.05, 0) is 49.4 Å². The number of nitrogens with one attached hydrogen (secondary N) is 1. The highest BCUT2D eigenvalue weighted by Crippen LogP contribution is 2.28. The summed E-state index contributed by atoms with van der Waals surface area (Å²) in [6.45, 7) is 14.4. The van der Waals surface area contributed by atoms with E-state index in [0.717, 1.165) is 40.2 Å². The molecule has 1 N–H and O–H groups in total. The van der Waals surface area contributed by atoms with Crippen molar-refractivity contribution in [3.8, 4) is 0 Å². The molecule has 0 atom stereocenters. The number of hydrogen-bond acceptors (Lipinski definition) is 4. The molecule has 0 aliphatic heterocycles. The molecular weight excluding hydrogens is 362 g/mol. The van der Waals surface area contributed by atoms with Crippen molar-refractivity contribution in [2.75, 3.05) is 19.0 Å². The molecule has 1 aromatic carbocycles. The number of fused-ring (bicyclic) bond motifs is 1. The van der Waals surface area contributed by atoms with Crippen LogP contribution in [0.1, 0.15) is 55.5 Å². The van der Waals surface area contributed by atoms with E-state index in [1.807, 2.05) is 14.1 Å². The third-order valence-corrected chi connectivity index (χ3v) is 5.22. The minimum atomic E-state index is -0.0525. The first-order chi connectivity index (χ1) is 13.6. The van der Waals surface area contributed by atoms with Gasteiger partial charge in [-0.15, -0.1) is 0 Å². The number of aryl methyl sites for hydroxylation is 2. The lowest BCUT2D eigenvalue weighted by atomic mass is 10.0. The maximum Gasteiger partial charge on any atom is 0.276 e. The van der Waals surface area contributed by atoms with Gasteiger partial charge in [0.25, 0.3) is 5.56 Å². The molecule has 6 heteroatoms. The standard InChI is InChI=1S/C23H31N5O/c1-9-10-18-19(13(2)3)25-22-21(16(6)26-28(22)23(18)29)24-20-14(4)11-17(27(7)8)12-15(20)5/h11-13,26H,6,9-10H2,1-5,7-8H3. The summed E-state index contributed by atoms with van der Waals surface area (Å²) in [5.41, 5.74) is 6.28. The number of rotatable bonds is 5. The predicted molar refractivity (Wildman–Crippen MR) is 120 cm³/mol. The van der Waals surface area contributed by atoms with Crippen LogP contribution in [-0.2, 0) is 6.42 Å². The molecule has 2 aromatic heterocycles. The molecule has 154 valence electrons. The molecule has 0 unspecified atom stereocenters. The number of anilines is 1. The van der Waals surface area contributed by atoms with Crippen LogP contribution in [-0.4, -0.2) is 28.7 Å². The van der Waals surface area contributed by atoms with E-state index in [4.69, 9.17) is 9.98 Å². The maximum atomic E-state index is 13.1. The fraction of sp³-hybridized carbons (Fsp3) is 0.435. The lowest BCUT2D eigenvalue weighted by molar-refractivity contribution is 0.745. The summed E-state index contributed by atoms with van der Waals surface area (Å²) in [5, 5.41) is 4.29. The molecule has 0 radical (unpaired) electrons. The van der Waals surface area contributed by atoms with Crippen LogP contribution in [0.3, 0.4) is 0 Å². The summed E-state index contributed by atoms with van der Waals surface area (Å²) < 4.78 is 1.50. The quantitative estimate of drug-likeness (QED) is 0.724. The molecule has 0 fully saturated rings. The summed E-state index contributed by atoms with van der Waals surface area (Å²) in [7, 11) is 4.05. The normalized spacial score (nSPS) is 12.3. The minimum Gasteiger partial charge on any atom is -0.378 e. The number of nitrogens with zero attached hydrogens (tertiary/aromatic N) is 4. The Morgan fingerprint density at radius 1 is 1.24 bits per heavy atom. The first kappa shape index (κ1) is 20.8. The van der Waals surface area contributed by atoms with E-state index in [9.17, 15) is 4.79 Å². The van der Waals surface area contributed by atoms with Crippen LogP contribution in [0.2, 0.25) is 0 Å². The molecule has 0 saturated carbocycles. The second-order valence-electron chi connectivity index (χ2n) is 8.22. The summed E-state index contributed by atoms with van der Waals surface area (Å²) in [6, 6.07) is 4.23. The van der Waals surface area contributed by atoms with Crippen molar-refractivity contribution >= 4 is 23.6 Å². The van der Waals surface area contributed by atoms with E-state index in [0.29, 0.717) is 22.8 Å². The van der Waals surface area contributed by atoms with Crippen molar-refractivity contribution in [2.45, 2.75) is 53.4 Å². The molecular formula is C23H31N5O. The number of H-pyrrole nitrogens is 1. The van der Waals surface area contributed by atoms with Gasteiger partial charge in [0.2, 0.25) is 0 Å². The van der Waals surface area contributed by atoms with Crippen molar-refractivity contribution in [3.63, 3.8) is 0 Å². The van der Waals surface area contributed by atoms with Crippen LogP contribution in [0.5, 0.6) is 0 Å². The summed E-state index contributed by atoms with van der Waals surface area (Å²) in [6.07, 6.45) is 1.61. The zero-order valence-electron chi connectivity index (χ0n) is 18.6. The smallest absolute Gasteiger partial charge is 0.276 e. The topological polar surface area (TPSA) is 65.8 Å². The van der Waals surface area contributed by atoms with E-state index in [1.165, 1.54) is 4.52 Å². The van der Waals surface area contributed by atoms with Crippen LogP contribution < -0.4 is 21.2 Å².